The van der Waals surface area contributed by atoms with Crippen LogP contribution >= 0.6 is 31.9 Å². The van der Waals surface area contributed by atoms with Gasteiger partial charge in [-0.15, -0.1) is 0 Å². The average Bonchev–Trinajstić information content (AvgIpc) is 2.34. The molecule has 1 saturated heterocycles. The van der Waals surface area contributed by atoms with Gasteiger partial charge in [0.25, 0.3) is 0 Å². The molecule has 6 heteroatoms. The van der Waals surface area contributed by atoms with Gasteiger partial charge in [0.1, 0.15) is 5.82 Å². The summed E-state index contributed by atoms with van der Waals surface area (Å²) in [5, 5.41) is 3.36. The van der Waals surface area contributed by atoms with Crippen molar-refractivity contribution in [2.75, 3.05) is 51.6 Å². The Bertz CT molecular complexity index is 392. The lowest BCUT2D eigenvalue weighted by molar-refractivity contribution is 0.158. The van der Waals surface area contributed by atoms with E-state index in [1.807, 2.05) is 12.3 Å². The monoisotopic (exact) mass is 376 g/mol. The van der Waals surface area contributed by atoms with E-state index < -0.39 is 0 Å². The van der Waals surface area contributed by atoms with E-state index in [0.717, 1.165) is 40.9 Å². The van der Waals surface area contributed by atoms with Gasteiger partial charge in [-0.3, -0.25) is 4.90 Å². The molecule has 0 unspecified atom stereocenters. The van der Waals surface area contributed by atoms with Crippen molar-refractivity contribution < 1.29 is 0 Å². The lowest BCUT2D eigenvalue weighted by Crippen LogP contribution is -2.45. The maximum Gasteiger partial charge on any atom is 0.140 e. The summed E-state index contributed by atoms with van der Waals surface area (Å²) in [6.07, 6.45) is 1.81. The predicted molar refractivity (Wildman–Crippen MR) is 82.1 cm³/mol. The standard InChI is InChI=1S/C12H18Br2N4/c1-17-4-6-18(7-5-17)3-2-15-12-11(14)8-10(13)9-16-12/h8-9H,2-7H2,1H3,(H,15,16). The number of hydrogen-bond donors (Lipinski definition) is 1. The zero-order valence-electron chi connectivity index (χ0n) is 10.5. The molecule has 1 aliphatic rings. The van der Waals surface area contributed by atoms with Crippen LogP contribution in [0.1, 0.15) is 0 Å². The number of likely N-dealkylation sites (N-methyl/N-ethyl adjacent to an activating group) is 1. The van der Waals surface area contributed by atoms with Crippen LogP contribution in [0.4, 0.5) is 5.82 Å². The first-order chi connectivity index (χ1) is 8.65. The average molecular weight is 378 g/mol. The Labute approximate surface area is 125 Å². The number of hydrogen-bond acceptors (Lipinski definition) is 4. The van der Waals surface area contributed by atoms with Crippen LogP contribution in [0.3, 0.4) is 0 Å². The second kappa shape index (κ2) is 6.84. The zero-order chi connectivity index (χ0) is 13.0. The first kappa shape index (κ1) is 14.2. The molecule has 1 fully saturated rings. The minimum atomic E-state index is 0.910. The van der Waals surface area contributed by atoms with Gasteiger partial charge >= 0.3 is 0 Å². The molecule has 0 spiro atoms. The lowest BCUT2D eigenvalue weighted by atomic mass is 10.3. The summed E-state index contributed by atoms with van der Waals surface area (Å²) >= 11 is 6.91. The molecule has 2 rings (SSSR count). The van der Waals surface area contributed by atoms with Crippen molar-refractivity contribution in [2.45, 2.75) is 0 Å². The van der Waals surface area contributed by atoms with Crippen molar-refractivity contribution in [1.29, 1.82) is 0 Å². The van der Waals surface area contributed by atoms with E-state index in [1.165, 1.54) is 13.1 Å². The van der Waals surface area contributed by atoms with Gasteiger partial charge in [-0.2, -0.15) is 0 Å². The van der Waals surface area contributed by atoms with E-state index in [4.69, 9.17) is 0 Å². The fraction of sp³-hybridized carbons (Fsp3) is 0.583. The van der Waals surface area contributed by atoms with E-state index in [1.54, 1.807) is 0 Å². The van der Waals surface area contributed by atoms with Crippen molar-refractivity contribution >= 4 is 37.7 Å². The summed E-state index contributed by atoms with van der Waals surface area (Å²) in [4.78, 5) is 9.20. The third kappa shape index (κ3) is 4.19. The molecular formula is C12H18Br2N4. The number of nitrogens with one attached hydrogen (secondary N) is 1. The first-order valence-corrected chi connectivity index (χ1v) is 7.69. The van der Waals surface area contributed by atoms with Crippen molar-refractivity contribution in [1.82, 2.24) is 14.8 Å². The van der Waals surface area contributed by atoms with Crippen LogP contribution in [-0.2, 0) is 0 Å². The van der Waals surface area contributed by atoms with E-state index in [2.05, 4.69) is 59.0 Å². The Morgan fingerprint density at radius 2 is 2.00 bits per heavy atom. The molecule has 0 saturated carbocycles. The van der Waals surface area contributed by atoms with Crippen LogP contribution in [0.15, 0.2) is 21.2 Å². The zero-order valence-corrected chi connectivity index (χ0v) is 13.7. The molecule has 18 heavy (non-hydrogen) atoms. The SMILES string of the molecule is CN1CCN(CCNc2ncc(Br)cc2Br)CC1. The second-order valence-electron chi connectivity index (χ2n) is 4.56. The summed E-state index contributed by atoms with van der Waals surface area (Å²) in [6, 6.07) is 2.01. The van der Waals surface area contributed by atoms with Gasteiger partial charge in [0, 0.05) is 49.9 Å². The van der Waals surface area contributed by atoms with Gasteiger partial charge in [0.05, 0.1) is 4.47 Å². The number of rotatable bonds is 4. The molecule has 0 atom stereocenters. The third-order valence-corrected chi connectivity index (χ3v) is 4.16. The number of anilines is 1. The van der Waals surface area contributed by atoms with E-state index in [-0.39, 0.29) is 0 Å². The Hall–Kier alpha value is -0.170. The van der Waals surface area contributed by atoms with Gasteiger partial charge < -0.3 is 10.2 Å². The summed E-state index contributed by atoms with van der Waals surface area (Å²) < 4.78 is 1.98. The topological polar surface area (TPSA) is 31.4 Å². The van der Waals surface area contributed by atoms with Crippen LogP contribution in [0.25, 0.3) is 0 Å². The van der Waals surface area contributed by atoms with Crippen LogP contribution in [0, 0.1) is 0 Å². The highest BCUT2D eigenvalue weighted by Gasteiger charge is 2.13. The number of halogens is 2. The maximum absolute atomic E-state index is 4.34. The predicted octanol–water partition coefficient (Wildman–Crippen LogP) is 2.27. The first-order valence-electron chi connectivity index (χ1n) is 6.11. The Balaban J connectivity index is 1.75. The number of pyridine rings is 1. The van der Waals surface area contributed by atoms with Crippen LogP contribution < -0.4 is 5.32 Å². The third-order valence-electron chi connectivity index (χ3n) is 3.12. The van der Waals surface area contributed by atoms with Gasteiger partial charge in [0.15, 0.2) is 0 Å². The maximum atomic E-state index is 4.34. The molecule has 4 nitrogen and oxygen atoms in total. The number of piperazine rings is 1. The second-order valence-corrected chi connectivity index (χ2v) is 6.33. The van der Waals surface area contributed by atoms with Crippen molar-refractivity contribution in [3.63, 3.8) is 0 Å². The Kier molecular flexibility index (Phi) is 5.41. The molecule has 0 aromatic carbocycles. The molecule has 1 aromatic rings. The van der Waals surface area contributed by atoms with Gasteiger partial charge in [-0.05, 0) is 45.0 Å². The van der Waals surface area contributed by atoms with Gasteiger partial charge in [-0.1, -0.05) is 0 Å². The van der Waals surface area contributed by atoms with E-state index in [9.17, 15) is 0 Å². The van der Waals surface area contributed by atoms with Gasteiger partial charge in [0.2, 0.25) is 0 Å². The van der Waals surface area contributed by atoms with Crippen LogP contribution in [0.2, 0.25) is 0 Å². The highest BCUT2D eigenvalue weighted by atomic mass is 79.9. The van der Waals surface area contributed by atoms with E-state index >= 15 is 0 Å². The minimum absolute atomic E-state index is 0.910. The van der Waals surface area contributed by atoms with Crippen LogP contribution in [-0.4, -0.2) is 61.1 Å². The smallest absolute Gasteiger partial charge is 0.140 e. The van der Waals surface area contributed by atoms with E-state index in [0.29, 0.717) is 0 Å². The van der Waals surface area contributed by atoms with Crippen molar-refractivity contribution in [3.8, 4) is 0 Å². The van der Waals surface area contributed by atoms with Crippen molar-refractivity contribution in [2.24, 2.45) is 0 Å². The molecular weight excluding hydrogens is 360 g/mol. The van der Waals surface area contributed by atoms with Crippen LogP contribution in [0.5, 0.6) is 0 Å². The van der Waals surface area contributed by atoms with Crippen molar-refractivity contribution in [3.05, 3.63) is 21.2 Å². The molecule has 2 heterocycles. The number of aromatic nitrogens is 1. The largest absolute Gasteiger partial charge is 0.368 e. The molecule has 1 aliphatic heterocycles. The highest BCUT2D eigenvalue weighted by Crippen LogP contribution is 2.23. The summed E-state index contributed by atoms with van der Waals surface area (Å²) in [6.45, 7) is 6.65. The highest BCUT2D eigenvalue weighted by molar-refractivity contribution is 9.11. The molecule has 0 amide bonds. The fourth-order valence-electron chi connectivity index (χ4n) is 1.95. The quantitative estimate of drug-likeness (QED) is 0.872. The molecule has 0 radical (unpaired) electrons. The number of nitrogens with zero attached hydrogens (tertiary/aromatic N) is 3. The fourth-order valence-corrected chi connectivity index (χ4v) is 3.08. The molecule has 0 bridgehead atoms. The molecule has 100 valence electrons. The summed E-state index contributed by atoms with van der Waals surface area (Å²) in [7, 11) is 2.18. The molecule has 1 aromatic heterocycles. The summed E-state index contributed by atoms with van der Waals surface area (Å²) in [5.41, 5.74) is 0. The minimum Gasteiger partial charge on any atom is -0.368 e. The lowest BCUT2D eigenvalue weighted by Gasteiger charge is -2.32. The molecule has 0 aliphatic carbocycles. The normalized spacial score (nSPS) is 17.9. The Morgan fingerprint density at radius 1 is 1.28 bits per heavy atom. The molecule has 1 N–H and O–H groups in total. The van der Waals surface area contributed by atoms with Gasteiger partial charge in [-0.25, -0.2) is 4.98 Å². The summed E-state index contributed by atoms with van der Waals surface area (Å²) in [5.74, 6) is 0.910. The Morgan fingerprint density at radius 3 is 2.67 bits per heavy atom.